The Morgan fingerprint density at radius 1 is 1.38 bits per heavy atom. The molecule has 0 aromatic heterocycles. The fourth-order valence-corrected chi connectivity index (χ4v) is 1.20. The van der Waals surface area contributed by atoms with Crippen LogP contribution in [0.2, 0.25) is 5.02 Å². The number of hydrogen-bond donors (Lipinski definition) is 1. The summed E-state index contributed by atoms with van der Waals surface area (Å²) < 4.78 is 5.50. The van der Waals surface area contributed by atoms with Gasteiger partial charge in [0.25, 0.3) is 0 Å². The summed E-state index contributed by atoms with van der Waals surface area (Å²) in [6, 6.07) is 3.58. The molecule has 0 heterocycles. The summed E-state index contributed by atoms with van der Waals surface area (Å²) in [4.78, 5) is 0. The van der Waals surface area contributed by atoms with Gasteiger partial charge in [0.1, 0.15) is 5.75 Å². The lowest BCUT2D eigenvalue weighted by molar-refractivity contribution is 0.243. The molecule has 0 fully saturated rings. The summed E-state index contributed by atoms with van der Waals surface area (Å²) in [7, 11) is 0. The molecule has 0 aliphatic heterocycles. The Balaban J connectivity index is 3.01. The van der Waals surface area contributed by atoms with E-state index in [0.717, 1.165) is 5.56 Å². The highest BCUT2D eigenvalue weighted by molar-refractivity contribution is 6.31. The van der Waals surface area contributed by atoms with Crippen LogP contribution in [-0.2, 0) is 0 Å². The Kier molecular flexibility index (Phi) is 3.04. The van der Waals surface area contributed by atoms with Crippen molar-refractivity contribution >= 4 is 17.3 Å². The van der Waals surface area contributed by atoms with E-state index in [0.29, 0.717) is 16.5 Å². The summed E-state index contributed by atoms with van der Waals surface area (Å²) in [6.07, 6.45) is 0.128. The van der Waals surface area contributed by atoms with E-state index in [1.165, 1.54) is 0 Å². The van der Waals surface area contributed by atoms with Gasteiger partial charge in [-0.3, -0.25) is 0 Å². The molecule has 2 N–H and O–H groups in total. The Morgan fingerprint density at radius 3 is 2.54 bits per heavy atom. The van der Waals surface area contributed by atoms with Gasteiger partial charge in [-0.15, -0.1) is 0 Å². The summed E-state index contributed by atoms with van der Waals surface area (Å²) in [5, 5.41) is 0.675. The molecule has 2 nitrogen and oxygen atoms in total. The van der Waals surface area contributed by atoms with Crippen LogP contribution < -0.4 is 10.5 Å². The molecule has 72 valence electrons. The Hall–Kier alpha value is -0.890. The summed E-state index contributed by atoms with van der Waals surface area (Å²) in [5.41, 5.74) is 7.29. The molecular formula is C10H14ClNO. The minimum Gasteiger partial charge on any atom is -0.489 e. The zero-order valence-electron chi connectivity index (χ0n) is 8.10. The lowest BCUT2D eigenvalue weighted by atomic mass is 10.2. The van der Waals surface area contributed by atoms with E-state index >= 15 is 0 Å². The monoisotopic (exact) mass is 199 g/mol. The van der Waals surface area contributed by atoms with Crippen LogP contribution in [0.15, 0.2) is 12.1 Å². The van der Waals surface area contributed by atoms with Crippen molar-refractivity contribution in [3.8, 4) is 5.75 Å². The quantitative estimate of drug-likeness (QED) is 0.744. The standard InChI is InChI=1S/C10H14ClNO/c1-6(2)13-10-4-7(3)8(11)5-9(10)12/h4-6H,12H2,1-3H3. The van der Waals surface area contributed by atoms with Crippen LogP contribution in [0.25, 0.3) is 0 Å². The van der Waals surface area contributed by atoms with E-state index < -0.39 is 0 Å². The lowest BCUT2D eigenvalue weighted by Gasteiger charge is -2.13. The first-order valence-electron chi connectivity index (χ1n) is 4.23. The maximum absolute atomic E-state index is 5.89. The highest BCUT2D eigenvalue weighted by atomic mass is 35.5. The third-order valence-corrected chi connectivity index (χ3v) is 2.06. The molecule has 0 saturated heterocycles. The molecule has 0 bridgehead atoms. The van der Waals surface area contributed by atoms with Crippen molar-refractivity contribution in [2.75, 3.05) is 5.73 Å². The number of aryl methyl sites for hydroxylation is 1. The minimum atomic E-state index is 0.128. The molecule has 0 saturated carbocycles. The minimum absolute atomic E-state index is 0.128. The van der Waals surface area contributed by atoms with Gasteiger partial charge in [-0.05, 0) is 38.5 Å². The molecule has 0 aliphatic carbocycles. The van der Waals surface area contributed by atoms with Crippen LogP contribution in [0.5, 0.6) is 5.75 Å². The van der Waals surface area contributed by atoms with Gasteiger partial charge in [0.05, 0.1) is 11.8 Å². The second kappa shape index (κ2) is 3.88. The van der Waals surface area contributed by atoms with Crippen molar-refractivity contribution in [2.45, 2.75) is 26.9 Å². The van der Waals surface area contributed by atoms with Gasteiger partial charge in [-0.25, -0.2) is 0 Å². The number of rotatable bonds is 2. The molecule has 1 aromatic carbocycles. The molecule has 3 heteroatoms. The second-order valence-corrected chi connectivity index (χ2v) is 3.71. The van der Waals surface area contributed by atoms with E-state index in [4.69, 9.17) is 22.1 Å². The number of halogens is 1. The van der Waals surface area contributed by atoms with E-state index in [1.54, 1.807) is 6.07 Å². The summed E-state index contributed by atoms with van der Waals surface area (Å²) in [5.74, 6) is 0.705. The Bertz CT molecular complexity index is 310. The predicted octanol–water partition coefficient (Wildman–Crippen LogP) is 3.02. The first kappa shape index (κ1) is 10.2. The van der Waals surface area contributed by atoms with Gasteiger partial charge in [0.15, 0.2) is 0 Å². The first-order chi connectivity index (χ1) is 6.00. The number of anilines is 1. The third-order valence-electron chi connectivity index (χ3n) is 1.65. The van der Waals surface area contributed by atoms with Crippen molar-refractivity contribution in [3.63, 3.8) is 0 Å². The smallest absolute Gasteiger partial charge is 0.142 e. The zero-order chi connectivity index (χ0) is 10.0. The Morgan fingerprint density at radius 2 is 2.00 bits per heavy atom. The van der Waals surface area contributed by atoms with Crippen molar-refractivity contribution < 1.29 is 4.74 Å². The molecule has 13 heavy (non-hydrogen) atoms. The van der Waals surface area contributed by atoms with Crippen molar-refractivity contribution in [3.05, 3.63) is 22.7 Å². The topological polar surface area (TPSA) is 35.2 Å². The van der Waals surface area contributed by atoms with Crippen LogP contribution >= 0.6 is 11.6 Å². The maximum atomic E-state index is 5.89. The number of hydrogen-bond acceptors (Lipinski definition) is 2. The summed E-state index contributed by atoms with van der Waals surface area (Å²) in [6.45, 7) is 5.85. The molecule has 0 radical (unpaired) electrons. The third kappa shape index (κ3) is 2.52. The first-order valence-corrected chi connectivity index (χ1v) is 4.60. The van der Waals surface area contributed by atoms with Crippen LogP contribution in [0.4, 0.5) is 5.69 Å². The van der Waals surface area contributed by atoms with Crippen LogP contribution in [0.3, 0.4) is 0 Å². The average molecular weight is 200 g/mol. The van der Waals surface area contributed by atoms with E-state index in [1.807, 2.05) is 26.8 Å². The molecule has 1 aromatic rings. The fraction of sp³-hybridized carbons (Fsp3) is 0.400. The largest absolute Gasteiger partial charge is 0.489 e. The van der Waals surface area contributed by atoms with Crippen molar-refractivity contribution in [1.82, 2.24) is 0 Å². The zero-order valence-corrected chi connectivity index (χ0v) is 8.85. The van der Waals surface area contributed by atoms with Crippen molar-refractivity contribution in [2.24, 2.45) is 0 Å². The molecule has 1 rings (SSSR count). The van der Waals surface area contributed by atoms with E-state index in [-0.39, 0.29) is 6.10 Å². The van der Waals surface area contributed by atoms with Gasteiger partial charge in [0.2, 0.25) is 0 Å². The number of ether oxygens (including phenoxy) is 1. The number of nitrogen functional groups attached to an aromatic ring is 1. The Labute approximate surface area is 83.6 Å². The van der Waals surface area contributed by atoms with Crippen LogP contribution in [0, 0.1) is 6.92 Å². The molecular weight excluding hydrogens is 186 g/mol. The highest BCUT2D eigenvalue weighted by Crippen LogP contribution is 2.29. The van der Waals surface area contributed by atoms with Gasteiger partial charge in [-0.1, -0.05) is 11.6 Å². The predicted molar refractivity (Wildman–Crippen MR) is 56.4 cm³/mol. The van der Waals surface area contributed by atoms with Gasteiger partial charge in [-0.2, -0.15) is 0 Å². The molecule has 0 atom stereocenters. The van der Waals surface area contributed by atoms with Gasteiger partial charge in [0, 0.05) is 5.02 Å². The van der Waals surface area contributed by atoms with Crippen LogP contribution in [-0.4, -0.2) is 6.10 Å². The summed E-state index contributed by atoms with van der Waals surface area (Å²) >= 11 is 5.89. The van der Waals surface area contributed by atoms with E-state index in [2.05, 4.69) is 0 Å². The normalized spacial score (nSPS) is 10.5. The van der Waals surface area contributed by atoms with Crippen LogP contribution in [0.1, 0.15) is 19.4 Å². The van der Waals surface area contributed by atoms with E-state index in [9.17, 15) is 0 Å². The second-order valence-electron chi connectivity index (χ2n) is 3.31. The van der Waals surface area contributed by atoms with Gasteiger partial charge >= 0.3 is 0 Å². The highest BCUT2D eigenvalue weighted by Gasteiger charge is 2.05. The molecule has 0 amide bonds. The maximum Gasteiger partial charge on any atom is 0.142 e. The molecule has 0 unspecified atom stereocenters. The van der Waals surface area contributed by atoms with Crippen molar-refractivity contribution in [1.29, 1.82) is 0 Å². The SMILES string of the molecule is Cc1cc(OC(C)C)c(N)cc1Cl. The lowest BCUT2D eigenvalue weighted by Crippen LogP contribution is -2.07. The number of benzene rings is 1. The number of nitrogens with two attached hydrogens (primary N) is 1. The molecule has 0 spiro atoms. The molecule has 0 aliphatic rings. The average Bonchev–Trinajstić information content (AvgIpc) is 1.99. The van der Waals surface area contributed by atoms with Gasteiger partial charge < -0.3 is 10.5 Å². The fourth-order valence-electron chi connectivity index (χ4n) is 1.03.